The van der Waals surface area contributed by atoms with E-state index in [-0.39, 0.29) is 5.92 Å². The lowest BCUT2D eigenvalue weighted by Crippen LogP contribution is -2.05. The molecule has 0 saturated carbocycles. The van der Waals surface area contributed by atoms with Crippen LogP contribution in [0.5, 0.6) is 5.75 Å². The quantitative estimate of drug-likeness (QED) is 0.842. The lowest BCUT2D eigenvalue weighted by atomic mass is 10.2. The molecule has 1 aromatic heterocycles. The Balaban J connectivity index is 2.63. The molecule has 0 aliphatic heterocycles. The molecule has 2 rings (SSSR count). The van der Waals surface area contributed by atoms with E-state index in [1.807, 2.05) is 42.7 Å². The topological polar surface area (TPSA) is 39.9 Å². The molecule has 4 nitrogen and oxygen atoms in total. The number of rotatable bonds is 3. The van der Waals surface area contributed by atoms with Crippen LogP contribution in [0.4, 0.5) is 0 Å². The van der Waals surface area contributed by atoms with E-state index in [9.17, 15) is 0 Å². The highest BCUT2D eigenvalue weighted by Gasteiger charge is 2.17. The molecule has 0 atom stereocenters. The maximum absolute atomic E-state index is 6.09. The van der Waals surface area contributed by atoms with Crippen molar-refractivity contribution in [2.75, 3.05) is 7.11 Å². The molecule has 0 fully saturated rings. The molecule has 0 amide bonds. The highest BCUT2D eigenvalue weighted by Crippen LogP contribution is 2.28. The summed E-state index contributed by atoms with van der Waals surface area (Å²) in [6, 6.07) is 7.66. The van der Waals surface area contributed by atoms with Crippen LogP contribution in [0.15, 0.2) is 24.3 Å². The van der Waals surface area contributed by atoms with E-state index in [1.165, 1.54) is 0 Å². The van der Waals surface area contributed by atoms with Gasteiger partial charge in [-0.25, -0.2) is 0 Å². The molecule has 1 aromatic carbocycles. The van der Waals surface area contributed by atoms with Crippen molar-refractivity contribution in [3.8, 4) is 11.4 Å². The van der Waals surface area contributed by atoms with E-state index in [4.69, 9.17) is 16.3 Å². The average molecular weight is 252 g/mol. The normalized spacial score (nSPS) is 10.9. The number of ether oxygens (including phenoxy) is 1. The van der Waals surface area contributed by atoms with E-state index in [0.717, 1.165) is 17.3 Å². The Morgan fingerprint density at radius 2 is 1.94 bits per heavy atom. The highest BCUT2D eigenvalue weighted by molar-refractivity contribution is 6.28. The van der Waals surface area contributed by atoms with Crippen molar-refractivity contribution in [1.82, 2.24) is 14.8 Å². The molecular formula is C12H14ClN3O. The van der Waals surface area contributed by atoms with Crippen molar-refractivity contribution in [3.05, 3.63) is 35.4 Å². The van der Waals surface area contributed by atoms with Crippen LogP contribution in [0, 0.1) is 0 Å². The summed E-state index contributed by atoms with van der Waals surface area (Å²) in [5, 5.41) is 8.35. The fourth-order valence-electron chi connectivity index (χ4n) is 1.69. The second kappa shape index (κ2) is 4.75. The summed E-state index contributed by atoms with van der Waals surface area (Å²) in [6.07, 6.45) is 0. The van der Waals surface area contributed by atoms with Crippen LogP contribution in [0.2, 0.25) is 5.28 Å². The molecule has 17 heavy (non-hydrogen) atoms. The lowest BCUT2D eigenvalue weighted by molar-refractivity contribution is 0.412. The summed E-state index contributed by atoms with van der Waals surface area (Å²) in [7, 11) is 1.63. The average Bonchev–Trinajstić information content (AvgIpc) is 2.71. The van der Waals surface area contributed by atoms with Crippen molar-refractivity contribution >= 4 is 11.6 Å². The van der Waals surface area contributed by atoms with Gasteiger partial charge in [0.25, 0.3) is 0 Å². The van der Waals surface area contributed by atoms with Crippen LogP contribution in [0.25, 0.3) is 5.69 Å². The Labute approximate surface area is 105 Å². The SMILES string of the molecule is COc1ccccc1-n1c(Cl)nnc1C(C)C. The van der Waals surface area contributed by atoms with E-state index < -0.39 is 0 Å². The van der Waals surface area contributed by atoms with Gasteiger partial charge >= 0.3 is 0 Å². The van der Waals surface area contributed by atoms with E-state index in [1.54, 1.807) is 7.11 Å². The van der Waals surface area contributed by atoms with E-state index in [0.29, 0.717) is 5.28 Å². The minimum atomic E-state index is 0.236. The van der Waals surface area contributed by atoms with Crippen LogP contribution in [-0.2, 0) is 0 Å². The van der Waals surface area contributed by atoms with Gasteiger partial charge in [0.2, 0.25) is 5.28 Å². The van der Waals surface area contributed by atoms with Crippen LogP contribution in [0.1, 0.15) is 25.6 Å². The molecule has 1 heterocycles. The third-order valence-corrected chi connectivity index (χ3v) is 2.74. The number of hydrogen-bond acceptors (Lipinski definition) is 3. The van der Waals surface area contributed by atoms with Crippen LogP contribution in [-0.4, -0.2) is 21.9 Å². The zero-order valence-electron chi connectivity index (χ0n) is 10.0. The third-order valence-electron chi connectivity index (χ3n) is 2.49. The van der Waals surface area contributed by atoms with Crippen molar-refractivity contribution in [2.24, 2.45) is 0 Å². The largest absolute Gasteiger partial charge is 0.495 e. The highest BCUT2D eigenvalue weighted by atomic mass is 35.5. The first-order chi connectivity index (χ1) is 8.15. The van der Waals surface area contributed by atoms with Gasteiger partial charge in [0.05, 0.1) is 12.8 Å². The first-order valence-corrected chi connectivity index (χ1v) is 5.77. The Morgan fingerprint density at radius 1 is 1.24 bits per heavy atom. The molecule has 0 bridgehead atoms. The summed E-state index contributed by atoms with van der Waals surface area (Å²) < 4.78 is 7.13. The number of aromatic nitrogens is 3. The van der Waals surface area contributed by atoms with E-state index >= 15 is 0 Å². The minimum absolute atomic E-state index is 0.236. The second-order valence-electron chi connectivity index (χ2n) is 3.99. The van der Waals surface area contributed by atoms with Crippen LogP contribution >= 0.6 is 11.6 Å². The van der Waals surface area contributed by atoms with Crippen molar-refractivity contribution in [1.29, 1.82) is 0 Å². The van der Waals surface area contributed by atoms with Crippen LogP contribution in [0.3, 0.4) is 0 Å². The molecule has 0 saturated heterocycles. The van der Waals surface area contributed by atoms with Crippen molar-refractivity contribution in [3.63, 3.8) is 0 Å². The molecule has 2 aromatic rings. The Hall–Kier alpha value is -1.55. The van der Waals surface area contributed by atoms with Gasteiger partial charge in [-0.15, -0.1) is 10.2 Å². The second-order valence-corrected chi connectivity index (χ2v) is 4.33. The lowest BCUT2D eigenvalue weighted by Gasteiger charge is -2.13. The Bertz CT molecular complexity index is 522. The van der Waals surface area contributed by atoms with Gasteiger partial charge in [-0.2, -0.15) is 0 Å². The van der Waals surface area contributed by atoms with Gasteiger partial charge in [-0.3, -0.25) is 4.57 Å². The molecule has 0 unspecified atom stereocenters. The minimum Gasteiger partial charge on any atom is -0.495 e. The summed E-state index contributed by atoms with van der Waals surface area (Å²) in [4.78, 5) is 0. The molecule has 0 N–H and O–H groups in total. The first-order valence-electron chi connectivity index (χ1n) is 5.39. The molecular weight excluding hydrogens is 238 g/mol. The Kier molecular flexibility index (Phi) is 3.33. The molecule has 0 aliphatic rings. The van der Waals surface area contributed by atoms with Gasteiger partial charge < -0.3 is 4.74 Å². The third kappa shape index (κ3) is 2.13. The van der Waals surface area contributed by atoms with Gasteiger partial charge in [-0.05, 0) is 23.7 Å². The van der Waals surface area contributed by atoms with Gasteiger partial charge in [0.1, 0.15) is 11.6 Å². The standard InChI is InChI=1S/C12H14ClN3O/c1-8(2)11-14-15-12(13)16(11)9-6-4-5-7-10(9)17-3/h4-8H,1-3H3. The smallest absolute Gasteiger partial charge is 0.229 e. The predicted octanol–water partition coefficient (Wildman–Crippen LogP) is 3.05. The zero-order chi connectivity index (χ0) is 12.4. The summed E-state index contributed by atoms with van der Waals surface area (Å²) in [5.74, 6) is 1.80. The number of para-hydroxylation sites is 2. The number of halogens is 1. The van der Waals surface area contributed by atoms with Gasteiger partial charge in [0.15, 0.2) is 0 Å². The maximum atomic E-state index is 6.09. The molecule has 5 heteroatoms. The van der Waals surface area contributed by atoms with Crippen LogP contribution < -0.4 is 4.74 Å². The summed E-state index contributed by atoms with van der Waals surface area (Å²) in [5.41, 5.74) is 0.855. The fourth-order valence-corrected chi connectivity index (χ4v) is 1.90. The molecule has 0 aliphatic carbocycles. The summed E-state index contributed by atoms with van der Waals surface area (Å²) >= 11 is 6.09. The van der Waals surface area contributed by atoms with Gasteiger partial charge in [-0.1, -0.05) is 26.0 Å². The maximum Gasteiger partial charge on any atom is 0.229 e. The summed E-state index contributed by atoms with van der Waals surface area (Å²) in [6.45, 7) is 4.10. The number of benzene rings is 1. The number of hydrogen-bond donors (Lipinski definition) is 0. The molecule has 0 radical (unpaired) electrons. The van der Waals surface area contributed by atoms with E-state index in [2.05, 4.69) is 10.2 Å². The number of methoxy groups -OCH3 is 1. The Morgan fingerprint density at radius 3 is 2.59 bits per heavy atom. The zero-order valence-corrected chi connectivity index (χ0v) is 10.8. The molecule has 90 valence electrons. The van der Waals surface area contributed by atoms with Gasteiger partial charge in [0, 0.05) is 5.92 Å². The van der Waals surface area contributed by atoms with Crippen molar-refractivity contribution < 1.29 is 4.74 Å². The first kappa shape index (κ1) is 11.9. The fraction of sp³-hybridized carbons (Fsp3) is 0.333. The monoisotopic (exact) mass is 251 g/mol. The predicted molar refractivity (Wildman–Crippen MR) is 67.0 cm³/mol. The number of nitrogens with zero attached hydrogens (tertiary/aromatic N) is 3. The molecule has 0 spiro atoms. The van der Waals surface area contributed by atoms with Crippen molar-refractivity contribution in [2.45, 2.75) is 19.8 Å².